The minimum absolute atomic E-state index is 0.357. The monoisotopic (exact) mass is 162 g/mol. The molecule has 0 spiro atoms. The second-order valence-electron chi connectivity index (χ2n) is 4.59. The van der Waals surface area contributed by atoms with Gasteiger partial charge in [0.2, 0.25) is 0 Å². The van der Waals surface area contributed by atoms with Crippen LogP contribution in [0.4, 0.5) is 0 Å². The zero-order valence-electron chi connectivity index (χ0n) is 7.56. The minimum atomic E-state index is -1.10. The lowest BCUT2D eigenvalue weighted by atomic mass is 10.2. The highest BCUT2D eigenvalue weighted by Crippen LogP contribution is 2.22. The normalized spacial score (nSPS) is 13.8. The number of hydrogen-bond donors (Lipinski definition) is 1. The Kier molecular flexibility index (Phi) is 3.07. The maximum absolute atomic E-state index is 8.48. The van der Waals surface area contributed by atoms with Gasteiger partial charge in [-0.05, 0) is 19.9 Å². The molecule has 0 aromatic rings. The summed E-state index contributed by atoms with van der Waals surface area (Å²) in [5.74, 6) is 0. The molecule has 0 fully saturated rings. The van der Waals surface area contributed by atoms with E-state index in [1.807, 2.05) is 13.8 Å². The second-order valence-corrected chi connectivity index (χ2v) is 10.1. The largest absolute Gasteiger partial charge is 0.251 e. The lowest BCUT2D eigenvalue weighted by Crippen LogP contribution is -2.34. The molecule has 3 heteroatoms. The molecule has 0 aliphatic heterocycles. The Balaban J connectivity index is 3.89. The van der Waals surface area contributed by atoms with Gasteiger partial charge >= 0.3 is 0 Å². The fraction of sp³-hybridized carbons (Fsp3) is 1.00. The summed E-state index contributed by atoms with van der Waals surface area (Å²) < 4.78 is 0. The van der Waals surface area contributed by atoms with E-state index in [2.05, 4.69) is 24.5 Å². The van der Waals surface area contributed by atoms with Gasteiger partial charge in [-0.15, -0.1) is 0 Å². The van der Waals surface area contributed by atoms with Crippen molar-refractivity contribution in [3.05, 3.63) is 0 Å². The molecule has 0 aliphatic rings. The van der Waals surface area contributed by atoms with Gasteiger partial charge in [0.15, 0.2) is 0 Å². The molecule has 0 bridgehead atoms. The van der Waals surface area contributed by atoms with E-state index in [1.165, 1.54) is 0 Å². The molecule has 0 heterocycles. The smallest absolute Gasteiger partial charge is 0.0954 e. The van der Waals surface area contributed by atoms with Gasteiger partial charge in [0.1, 0.15) is 0 Å². The van der Waals surface area contributed by atoms with E-state index in [1.54, 1.807) is 0 Å². The van der Waals surface area contributed by atoms with Crippen LogP contribution in [0.5, 0.6) is 0 Å². The summed E-state index contributed by atoms with van der Waals surface area (Å²) in [6.45, 7) is 10.6. The van der Waals surface area contributed by atoms with Crippen LogP contribution >= 0.6 is 0 Å². The summed E-state index contributed by atoms with van der Waals surface area (Å²) in [6.07, 6.45) is 0. The summed E-state index contributed by atoms with van der Waals surface area (Å²) in [4.78, 5) is 4.35. The van der Waals surface area contributed by atoms with Crippen LogP contribution in [0.1, 0.15) is 13.8 Å². The Morgan fingerprint density at radius 1 is 1.30 bits per heavy atom. The van der Waals surface area contributed by atoms with E-state index in [9.17, 15) is 0 Å². The summed E-state index contributed by atoms with van der Waals surface area (Å²) >= 11 is 0. The average Bonchev–Trinajstić information content (AvgIpc) is 1.60. The molecule has 2 nitrogen and oxygen atoms in total. The van der Waals surface area contributed by atoms with Crippen LogP contribution in [0.3, 0.4) is 0 Å². The summed E-state index contributed by atoms with van der Waals surface area (Å²) in [5.41, 5.74) is -0.357. The molecule has 0 saturated carbocycles. The summed E-state index contributed by atoms with van der Waals surface area (Å²) in [6, 6.07) is 0.983. The maximum Gasteiger partial charge on any atom is 0.0954 e. The Hall–Kier alpha value is 0.137. The second kappa shape index (κ2) is 3.03. The van der Waals surface area contributed by atoms with Gasteiger partial charge in [-0.25, -0.2) is 4.89 Å². The number of hydrogen-bond acceptors (Lipinski definition) is 2. The molecule has 10 heavy (non-hydrogen) atoms. The van der Waals surface area contributed by atoms with Crippen LogP contribution in [0.25, 0.3) is 0 Å². The van der Waals surface area contributed by atoms with Crippen molar-refractivity contribution in [2.75, 3.05) is 0 Å². The highest BCUT2D eigenvalue weighted by atomic mass is 28.3. The molecule has 0 atom stereocenters. The average molecular weight is 162 g/mol. The van der Waals surface area contributed by atoms with Crippen molar-refractivity contribution in [2.24, 2.45) is 0 Å². The number of rotatable bonds is 3. The first-order valence-electron chi connectivity index (χ1n) is 3.59. The van der Waals surface area contributed by atoms with Crippen LogP contribution in [-0.4, -0.2) is 18.9 Å². The van der Waals surface area contributed by atoms with Gasteiger partial charge in [0.05, 0.1) is 5.60 Å². The minimum Gasteiger partial charge on any atom is -0.251 e. The predicted octanol–water partition coefficient (Wildman–Crippen LogP) is 2.59. The molecule has 0 amide bonds. The zero-order chi connectivity index (χ0) is 8.41. The van der Waals surface area contributed by atoms with Gasteiger partial charge < -0.3 is 0 Å². The van der Waals surface area contributed by atoms with Crippen molar-refractivity contribution in [1.29, 1.82) is 0 Å². The van der Waals surface area contributed by atoms with Crippen molar-refractivity contribution >= 4 is 8.07 Å². The molecule has 0 aromatic carbocycles. The first-order valence-corrected chi connectivity index (χ1v) is 7.30. The van der Waals surface area contributed by atoms with Crippen LogP contribution in [0.2, 0.25) is 25.7 Å². The fourth-order valence-electron chi connectivity index (χ4n) is 1.31. The van der Waals surface area contributed by atoms with Crippen molar-refractivity contribution < 1.29 is 10.1 Å². The van der Waals surface area contributed by atoms with Crippen molar-refractivity contribution in [3.8, 4) is 0 Å². The molecule has 0 unspecified atom stereocenters. The van der Waals surface area contributed by atoms with E-state index in [4.69, 9.17) is 5.26 Å². The molecule has 62 valence electrons. The standard InChI is InChI=1S/C7H18O2Si/c1-7(2,9-8)6-10(3,4)5/h8H,6H2,1-5H3. The predicted molar refractivity (Wildman–Crippen MR) is 45.9 cm³/mol. The van der Waals surface area contributed by atoms with E-state index in [-0.39, 0.29) is 5.60 Å². The van der Waals surface area contributed by atoms with Gasteiger partial charge in [0.25, 0.3) is 0 Å². The topological polar surface area (TPSA) is 29.5 Å². The van der Waals surface area contributed by atoms with Gasteiger partial charge in [-0.2, -0.15) is 0 Å². The molecule has 0 radical (unpaired) electrons. The molecule has 0 aliphatic carbocycles. The highest BCUT2D eigenvalue weighted by Gasteiger charge is 2.27. The van der Waals surface area contributed by atoms with Crippen LogP contribution in [-0.2, 0) is 4.89 Å². The van der Waals surface area contributed by atoms with Gasteiger partial charge in [-0.3, -0.25) is 5.26 Å². The fourth-order valence-corrected chi connectivity index (χ4v) is 3.93. The van der Waals surface area contributed by atoms with Crippen molar-refractivity contribution in [1.82, 2.24) is 0 Å². The van der Waals surface area contributed by atoms with E-state index < -0.39 is 8.07 Å². The highest BCUT2D eigenvalue weighted by molar-refractivity contribution is 6.76. The molecule has 0 aromatic heterocycles. The van der Waals surface area contributed by atoms with Gasteiger partial charge in [0, 0.05) is 8.07 Å². The Morgan fingerprint density at radius 2 is 1.70 bits per heavy atom. The molecular weight excluding hydrogens is 144 g/mol. The van der Waals surface area contributed by atoms with Crippen LogP contribution < -0.4 is 0 Å². The van der Waals surface area contributed by atoms with Gasteiger partial charge in [-0.1, -0.05) is 19.6 Å². The molecule has 0 rings (SSSR count). The Bertz CT molecular complexity index is 105. The lowest BCUT2D eigenvalue weighted by molar-refractivity contribution is -0.306. The summed E-state index contributed by atoms with van der Waals surface area (Å²) in [7, 11) is -1.10. The lowest BCUT2D eigenvalue weighted by Gasteiger charge is -2.27. The first kappa shape index (κ1) is 10.1. The van der Waals surface area contributed by atoms with Crippen molar-refractivity contribution in [3.63, 3.8) is 0 Å². The molecular formula is C7H18O2Si. The van der Waals surface area contributed by atoms with E-state index in [0.717, 1.165) is 6.04 Å². The third-order valence-corrected chi connectivity index (χ3v) is 3.12. The zero-order valence-corrected chi connectivity index (χ0v) is 8.56. The molecule has 0 saturated heterocycles. The van der Waals surface area contributed by atoms with Crippen LogP contribution in [0.15, 0.2) is 0 Å². The van der Waals surface area contributed by atoms with E-state index in [0.29, 0.717) is 0 Å². The molecule has 1 N–H and O–H groups in total. The quantitative estimate of drug-likeness (QED) is 0.392. The summed E-state index contributed by atoms with van der Waals surface area (Å²) in [5, 5.41) is 8.48. The maximum atomic E-state index is 8.48. The third-order valence-electron chi connectivity index (χ3n) is 1.20. The Morgan fingerprint density at radius 3 is 1.80 bits per heavy atom. The Labute approximate surface area is 64.1 Å². The van der Waals surface area contributed by atoms with E-state index >= 15 is 0 Å². The SMILES string of the molecule is CC(C)(C[Si](C)(C)C)OO. The third kappa shape index (κ3) is 4.96. The van der Waals surface area contributed by atoms with Crippen molar-refractivity contribution in [2.45, 2.75) is 45.1 Å². The van der Waals surface area contributed by atoms with Crippen LogP contribution in [0, 0.1) is 0 Å². The first-order chi connectivity index (χ1) is 4.27.